The van der Waals surface area contributed by atoms with E-state index in [1.165, 1.54) is 41.8 Å². The van der Waals surface area contributed by atoms with E-state index in [1.54, 1.807) is 0 Å². The summed E-state index contributed by atoms with van der Waals surface area (Å²) in [6, 6.07) is 11.6. The molecule has 0 unspecified atom stereocenters. The number of amides is 1. The van der Waals surface area contributed by atoms with E-state index in [1.807, 2.05) is 6.07 Å². The second-order valence-corrected chi connectivity index (χ2v) is 6.41. The Morgan fingerprint density at radius 1 is 1.07 bits per heavy atom. The fourth-order valence-electron chi connectivity index (χ4n) is 3.28. The molecule has 0 fully saturated rings. The molecule has 2 aromatic carbocycles. The minimum Gasteiger partial charge on any atom is -0.302 e. The minimum absolute atomic E-state index is 0.156. The number of nitrogens with zero attached hydrogens (tertiary/aromatic N) is 3. The van der Waals surface area contributed by atoms with Crippen molar-refractivity contribution in [2.45, 2.75) is 25.7 Å². The van der Waals surface area contributed by atoms with Crippen LogP contribution >= 0.6 is 0 Å². The Morgan fingerprint density at radius 2 is 1.89 bits per heavy atom. The van der Waals surface area contributed by atoms with Crippen LogP contribution in [0.5, 0.6) is 0 Å². The highest BCUT2D eigenvalue weighted by Crippen LogP contribution is 2.30. The van der Waals surface area contributed by atoms with Crippen LogP contribution in [0, 0.1) is 10.1 Å². The fourth-order valence-corrected chi connectivity index (χ4v) is 3.28. The summed E-state index contributed by atoms with van der Waals surface area (Å²) >= 11 is 0. The average Bonchev–Trinajstić information content (AvgIpc) is 3.15. The van der Waals surface area contributed by atoms with E-state index in [4.69, 9.17) is 4.63 Å². The molecule has 4 rings (SSSR count). The van der Waals surface area contributed by atoms with Crippen LogP contribution in [0.3, 0.4) is 0 Å². The van der Waals surface area contributed by atoms with E-state index in [0.717, 1.165) is 24.8 Å². The number of nitro benzene ring substituents is 1. The van der Waals surface area contributed by atoms with Crippen molar-refractivity contribution in [1.29, 1.82) is 0 Å². The molecule has 0 saturated carbocycles. The van der Waals surface area contributed by atoms with Crippen LogP contribution in [0.4, 0.5) is 11.5 Å². The number of nitrogens with one attached hydrogen (secondary N) is 1. The van der Waals surface area contributed by atoms with Gasteiger partial charge in [0, 0.05) is 23.3 Å². The number of rotatable bonds is 4. The summed E-state index contributed by atoms with van der Waals surface area (Å²) in [5, 5.41) is 21.2. The number of aryl methyl sites for hydroxylation is 2. The summed E-state index contributed by atoms with van der Waals surface area (Å²) in [7, 11) is 0. The number of anilines is 1. The lowest BCUT2D eigenvalue weighted by atomic mass is 9.90. The zero-order valence-electron chi connectivity index (χ0n) is 14.3. The van der Waals surface area contributed by atoms with Gasteiger partial charge in [-0.2, -0.15) is 0 Å². The van der Waals surface area contributed by atoms with Gasteiger partial charge in [-0.25, -0.2) is 4.63 Å². The molecule has 1 amide bonds. The maximum atomic E-state index is 12.5. The van der Waals surface area contributed by atoms with Crippen molar-refractivity contribution in [3.8, 4) is 11.3 Å². The molecule has 1 aliphatic carbocycles. The van der Waals surface area contributed by atoms with Crippen LogP contribution in [0.2, 0.25) is 0 Å². The Bertz CT molecular complexity index is 1030. The van der Waals surface area contributed by atoms with Gasteiger partial charge < -0.3 is 5.32 Å². The number of carbonyl (C=O) groups is 1. The second-order valence-electron chi connectivity index (χ2n) is 6.41. The summed E-state index contributed by atoms with van der Waals surface area (Å²) in [6.45, 7) is 0. The summed E-state index contributed by atoms with van der Waals surface area (Å²) in [5.41, 5.74) is 3.86. The highest BCUT2D eigenvalue weighted by Gasteiger charge is 2.19. The Balaban J connectivity index is 1.60. The number of hydrogen-bond acceptors (Lipinski definition) is 6. The molecule has 27 heavy (non-hydrogen) atoms. The molecule has 1 aliphatic rings. The first-order valence-corrected chi connectivity index (χ1v) is 8.62. The van der Waals surface area contributed by atoms with Crippen molar-refractivity contribution >= 4 is 17.4 Å². The number of benzene rings is 2. The molecule has 1 aromatic heterocycles. The van der Waals surface area contributed by atoms with Gasteiger partial charge in [-0.3, -0.25) is 14.9 Å². The molecule has 136 valence electrons. The first-order valence-electron chi connectivity index (χ1n) is 8.62. The highest BCUT2D eigenvalue weighted by atomic mass is 16.6. The molecule has 1 heterocycles. The molecule has 0 aliphatic heterocycles. The molecule has 8 heteroatoms. The van der Waals surface area contributed by atoms with Crippen molar-refractivity contribution in [2.75, 3.05) is 5.32 Å². The van der Waals surface area contributed by atoms with Crippen molar-refractivity contribution in [3.05, 3.63) is 69.3 Å². The Labute approximate surface area is 154 Å². The molecular formula is C19H16N4O4. The van der Waals surface area contributed by atoms with Gasteiger partial charge in [-0.05, 0) is 59.3 Å². The molecule has 1 N–H and O–H groups in total. The van der Waals surface area contributed by atoms with Crippen molar-refractivity contribution in [2.24, 2.45) is 0 Å². The molecular weight excluding hydrogens is 348 g/mol. The quantitative estimate of drug-likeness (QED) is 0.557. The smallest absolute Gasteiger partial charge is 0.270 e. The maximum absolute atomic E-state index is 12.5. The summed E-state index contributed by atoms with van der Waals surface area (Å²) in [4.78, 5) is 22.8. The lowest BCUT2D eigenvalue weighted by Crippen LogP contribution is -2.13. The number of aromatic nitrogens is 2. The van der Waals surface area contributed by atoms with E-state index in [-0.39, 0.29) is 17.1 Å². The Hall–Kier alpha value is -3.55. The van der Waals surface area contributed by atoms with Crippen molar-refractivity contribution in [1.82, 2.24) is 10.3 Å². The van der Waals surface area contributed by atoms with Crippen LogP contribution < -0.4 is 5.32 Å². The molecule has 0 bridgehead atoms. The number of carbonyl (C=O) groups excluding carboxylic acids is 1. The number of nitro groups is 1. The van der Waals surface area contributed by atoms with Crippen molar-refractivity contribution in [3.63, 3.8) is 0 Å². The summed E-state index contributed by atoms with van der Waals surface area (Å²) < 4.78 is 4.82. The van der Waals surface area contributed by atoms with Gasteiger partial charge in [0.05, 0.1) is 4.92 Å². The van der Waals surface area contributed by atoms with Gasteiger partial charge in [-0.15, -0.1) is 0 Å². The molecule has 3 aromatic rings. The van der Waals surface area contributed by atoms with Crippen LogP contribution in [-0.4, -0.2) is 21.1 Å². The first-order chi connectivity index (χ1) is 13.1. The second kappa shape index (κ2) is 6.99. The predicted octanol–water partition coefficient (Wildman–Crippen LogP) is 3.78. The van der Waals surface area contributed by atoms with E-state index in [0.29, 0.717) is 5.69 Å². The van der Waals surface area contributed by atoms with Gasteiger partial charge in [0.2, 0.25) is 5.82 Å². The molecule has 0 radical (unpaired) electrons. The maximum Gasteiger partial charge on any atom is 0.270 e. The van der Waals surface area contributed by atoms with E-state index in [2.05, 4.69) is 27.8 Å². The van der Waals surface area contributed by atoms with Crippen LogP contribution in [0.1, 0.15) is 34.3 Å². The zero-order chi connectivity index (χ0) is 18.8. The van der Waals surface area contributed by atoms with E-state index < -0.39 is 10.8 Å². The normalized spacial score (nSPS) is 13.0. The highest BCUT2D eigenvalue weighted by molar-refractivity contribution is 6.05. The van der Waals surface area contributed by atoms with Gasteiger partial charge >= 0.3 is 0 Å². The largest absolute Gasteiger partial charge is 0.302 e. The number of hydrogen-bond donors (Lipinski definition) is 1. The lowest BCUT2D eigenvalue weighted by molar-refractivity contribution is -0.384. The minimum atomic E-state index is -0.549. The van der Waals surface area contributed by atoms with Crippen LogP contribution in [0.15, 0.2) is 47.1 Å². The van der Waals surface area contributed by atoms with Crippen LogP contribution in [0.25, 0.3) is 11.3 Å². The first kappa shape index (κ1) is 16.9. The topological polar surface area (TPSA) is 111 Å². The summed E-state index contributed by atoms with van der Waals surface area (Å²) in [6.07, 6.45) is 4.44. The zero-order valence-corrected chi connectivity index (χ0v) is 14.3. The van der Waals surface area contributed by atoms with E-state index >= 15 is 0 Å². The lowest BCUT2D eigenvalue weighted by Gasteiger charge is -2.16. The SMILES string of the molecule is O=C(Nc1nonc1-c1ccc2c(c1)CCCC2)c1cccc([N+](=O)[O-])c1. The van der Waals surface area contributed by atoms with E-state index in [9.17, 15) is 14.9 Å². The standard InChI is InChI=1S/C19H16N4O4/c24-19(15-6-3-7-16(11-15)23(25)26)20-18-17(21-27-22-18)14-9-8-12-4-1-2-5-13(12)10-14/h3,6-11H,1-2,4-5H2,(H,20,22,24). The Morgan fingerprint density at radius 3 is 2.70 bits per heavy atom. The Kier molecular flexibility index (Phi) is 4.37. The fraction of sp³-hybridized carbons (Fsp3) is 0.211. The molecule has 0 saturated heterocycles. The molecule has 0 spiro atoms. The molecule has 8 nitrogen and oxygen atoms in total. The van der Waals surface area contributed by atoms with Gasteiger partial charge in [0.25, 0.3) is 11.6 Å². The van der Waals surface area contributed by atoms with Crippen LogP contribution in [-0.2, 0) is 12.8 Å². The van der Waals surface area contributed by atoms with Gasteiger partial charge in [0.1, 0.15) is 0 Å². The monoisotopic (exact) mass is 364 g/mol. The van der Waals surface area contributed by atoms with Gasteiger partial charge in [-0.1, -0.05) is 18.2 Å². The summed E-state index contributed by atoms with van der Waals surface area (Å²) in [5.74, 6) is -0.337. The molecule has 0 atom stereocenters. The third-order valence-corrected chi connectivity index (χ3v) is 4.66. The van der Waals surface area contributed by atoms with Gasteiger partial charge in [0.15, 0.2) is 5.69 Å². The third kappa shape index (κ3) is 3.41. The predicted molar refractivity (Wildman–Crippen MR) is 97.4 cm³/mol. The average molecular weight is 364 g/mol. The number of non-ortho nitro benzene ring substituents is 1. The third-order valence-electron chi connectivity index (χ3n) is 4.66. The number of fused-ring (bicyclic) bond motifs is 1. The van der Waals surface area contributed by atoms with Crippen molar-refractivity contribution < 1.29 is 14.3 Å².